The van der Waals surface area contributed by atoms with Gasteiger partial charge in [-0.3, -0.25) is 9.59 Å². The van der Waals surface area contributed by atoms with Crippen LogP contribution in [0.15, 0.2) is 30.3 Å². The number of nitrogens with zero attached hydrogens (tertiary/aromatic N) is 2. The molecule has 0 aromatic heterocycles. The summed E-state index contributed by atoms with van der Waals surface area (Å²) < 4.78 is 16.3. The lowest BCUT2D eigenvalue weighted by molar-refractivity contribution is -0.149. The van der Waals surface area contributed by atoms with Crippen LogP contribution in [0.5, 0.6) is 0 Å². The number of hydrogen-bond donors (Lipinski definition) is 0. The van der Waals surface area contributed by atoms with E-state index in [9.17, 15) is 14.4 Å². The zero-order chi connectivity index (χ0) is 23.1. The molecule has 8 nitrogen and oxygen atoms in total. The SMILES string of the molecule is CC(C)(C)OC(=O)N1C[C@H](CC(=O)OCc2ccccc2)C[C@H](C(=O)N2CCOCC2)C1. The first-order valence-corrected chi connectivity index (χ1v) is 11.3. The van der Waals surface area contributed by atoms with E-state index in [0.717, 1.165) is 5.56 Å². The summed E-state index contributed by atoms with van der Waals surface area (Å²) in [5.41, 5.74) is 0.280. The molecule has 2 aliphatic rings. The van der Waals surface area contributed by atoms with E-state index in [1.54, 1.807) is 9.80 Å². The molecule has 2 atom stereocenters. The fourth-order valence-electron chi connectivity index (χ4n) is 4.08. The number of carbonyl (C=O) groups excluding carboxylic acids is 3. The number of amides is 2. The van der Waals surface area contributed by atoms with Crippen LogP contribution in [-0.2, 0) is 30.4 Å². The molecule has 0 saturated carbocycles. The first-order valence-electron chi connectivity index (χ1n) is 11.3. The van der Waals surface area contributed by atoms with Crippen molar-refractivity contribution in [3.8, 4) is 0 Å². The van der Waals surface area contributed by atoms with Crippen LogP contribution in [0.2, 0.25) is 0 Å². The minimum absolute atomic E-state index is 0.00390. The fourth-order valence-corrected chi connectivity index (χ4v) is 4.08. The van der Waals surface area contributed by atoms with Crippen molar-refractivity contribution < 1.29 is 28.6 Å². The van der Waals surface area contributed by atoms with Gasteiger partial charge in [-0.15, -0.1) is 0 Å². The lowest BCUT2D eigenvalue weighted by Crippen LogP contribution is -2.52. The van der Waals surface area contributed by atoms with Gasteiger partial charge in [-0.2, -0.15) is 0 Å². The molecule has 2 saturated heterocycles. The minimum Gasteiger partial charge on any atom is -0.461 e. The van der Waals surface area contributed by atoms with Crippen molar-refractivity contribution in [3.63, 3.8) is 0 Å². The van der Waals surface area contributed by atoms with Gasteiger partial charge in [0.15, 0.2) is 0 Å². The number of ether oxygens (including phenoxy) is 3. The summed E-state index contributed by atoms with van der Waals surface area (Å²) in [5, 5.41) is 0. The molecule has 1 aromatic rings. The molecule has 2 aliphatic heterocycles. The van der Waals surface area contributed by atoms with Crippen molar-refractivity contribution in [2.24, 2.45) is 11.8 Å². The highest BCUT2D eigenvalue weighted by atomic mass is 16.6. The molecule has 8 heteroatoms. The standard InChI is InChI=1S/C24H34N2O6/c1-24(2,3)32-23(29)26-15-19(14-21(27)31-17-18-7-5-4-6-8-18)13-20(16-26)22(28)25-9-11-30-12-10-25/h4-8,19-20H,9-17H2,1-3H3/t19-,20-/m0/s1. The average molecular weight is 447 g/mol. The smallest absolute Gasteiger partial charge is 0.410 e. The van der Waals surface area contributed by atoms with Crippen molar-refractivity contribution in [3.05, 3.63) is 35.9 Å². The van der Waals surface area contributed by atoms with E-state index in [-0.39, 0.29) is 36.7 Å². The van der Waals surface area contributed by atoms with Gasteiger partial charge in [0.2, 0.25) is 5.91 Å². The van der Waals surface area contributed by atoms with Gasteiger partial charge in [-0.05, 0) is 38.7 Å². The Balaban J connectivity index is 1.64. The Morgan fingerprint density at radius 2 is 1.72 bits per heavy atom. The molecule has 0 N–H and O–H groups in total. The maximum absolute atomic E-state index is 13.1. The van der Waals surface area contributed by atoms with Gasteiger partial charge < -0.3 is 24.0 Å². The molecule has 0 radical (unpaired) electrons. The van der Waals surface area contributed by atoms with Crippen molar-refractivity contribution >= 4 is 18.0 Å². The predicted octanol–water partition coefficient (Wildman–Crippen LogP) is 2.85. The van der Waals surface area contributed by atoms with Gasteiger partial charge in [0, 0.05) is 26.2 Å². The van der Waals surface area contributed by atoms with Crippen molar-refractivity contribution in [2.45, 2.75) is 45.8 Å². The lowest BCUT2D eigenvalue weighted by atomic mass is 9.86. The summed E-state index contributed by atoms with van der Waals surface area (Å²) in [6, 6.07) is 9.49. The van der Waals surface area contributed by atoms with Crippen molar-refractivity contribution in [1.82, 2.24) is 9.80 Å². The van der Waals surface area contributed by atoms with Gasteiger partial charge in [-0.25, -0.2) is 4.79 Å². The van der Waals surface area contributed by atoms with E-state index >= 15 is 0 Å². The van der Waals surface area contributed by atoms with Crippen molar-refractivity contribution in [2.75, 3.05) is 39.4 Å². The van der Waals surface area contributed by atoms with E-state index < -0.39 is 11.7 Å². The largest absolute Gasteiger partial charge is 0.461 e. The summed E-state index contributed by atoms with van der Waals surface area (Å²) in [5.74, 6) is -0.873. The quantitative estimate of drug-likeness (QED) is 0.647. The third-order valence-corrected chi connectivity index (χ3v) is 5.56. The Morgan fingerprint density at radius 3 is 2.38 bits per heavy atom. The second-order valence-corrected chi connectivity index (χ2v) is 9.47. The van der Waals surface area contributed by atoms with Crippen LogP contribution in [0.3, 0.4) is 0 Å². The predicted molar refractivity (Wildman–Crippen MR) is 118 cm³/mol. The molecule has 3 rings (SSSR count). The molecule has 0 unspecified atom stereocenters. The van der Waals surface area contributed by atoms with E-state index in [1.807, 2.05) is 51.1 Å². The Hall–Kier alpha value is -2.61. The molecule has 32 heavy (non-hydrogen) atoms. The summed E-state index contributed by atoms with van der Waals surface area (Å²) in [6.45, 7) is 8.42. The highest BCUT2D eigenvalue weighted by Crippen LogP contribution is 2.28. The Bertz CT molecular complexity index is 785. The summed E-state index contributed by atoms with van der Waals surface area (Å²) >= 11 is 0. The monoisotopic (exact) mass is 446 g/mol. The zero-order valence-corrected chi connectivity index (χ0v) is 19.2. The third kappa shape index (κ3) is 7.22. The zero-order valence-electron chi connectivity index (χ0n) is 19.2. The molecule has 1 aromatic carbocycles. The van der Waals surface area contributed by atoms with Gasteiger partial charge >= 0.3 is 12.1 Å². The summed E-state index contributed by atoms with van der Waals surface area (Å²) in [6.07, 6.45) is 0.231. The number of piperidine rings is 1. The second-order valence-electron chi connectivity index (χ2n) is 9.47. The highest BCUT2D eigenvalue weighted by molar-refractivity contribution is 5.80. The Kier molecular flexibility index (Phi) is 8.12. The van der Waals surface area contributed by atoms with Gasteiger partial charge in [0.1, 0.15) is 12.2 Å². The van der Waals surface area contributed by atoms with E-state index in [4.69, 9.17) is 14.2 Å². The highest BCUT2D eigenvalue weighted by Gasteiger charge is 2.38. The van der Waals surface area contributed by atoms with Crippen LogP contribution >= 0.6 is 0 Å². The first-order chi connectivity index (χ1) is 15.2. The van der Waals surface area contributed by atoms with Gasteiger partial charge in [0.25, 0.3) is 0 Å². The Labute approximate surface area is 189 Å². The number of benzene rings is 1. The maximum Gasteiger partial charge on any atom is 0.410 e. The minimum atomic E-state index is -0.637. The fraction of sp³-hybridized carbons (Fsp3) is 0.625. The lowest BCUT2D eigenvalue weighted by Gasteiger charge is -2.39. The molecule has 2 fully saturated rings. The number of esters is 1. The molecule has 0 bridgehead atoms. The number of rotatable bonds is 5. The Morgan fingerprint density at radius 1 is 1.03 bits per heavy atom. The second kappa shape index (κ2) is 10.8. The summed E-state index contributed by atoms with van der Waals surface area (Å²) in [4.78, 5) is 41.7. The molecule has 2 amide bonds. The van der Waals surface area contributed by atoms with Gasteiger partial charge in [0.05, 0.1) is 25.6 Å². The van der Waals surface area contributed by atoms with Crippen LogP contribution in [0, 0.1) is 11.8 Å². The van der Waals surface area contributed by atoms with Crippen molar-refractivity contribution in [1.29, 1.82) is 0 Å². The van der Waals surface area contributed by atoms with Crippen LogP contribution in [0.25, 0.3) is 0 Å². The molecule has 0 aliphatic carbocycles. The normalized spacial score (nSPS) is 21.7. The first kappa shape index (κ1) is 24.0. The summed E-state index contributed by atoms with van der Waals surface area (Å²) in [7, 11) is 0. The number of likely N-dealkylation sites (tertiary alicyclic amines) is 1. The van der Waals surface area contributed by atoms with E-state index in [2.05, 4.69) is 0 Å². The molecular formula is C24H34N2O6. The molecule has 0 spiro atoms. The third-order valence-electron chi connectivity index (χ3n) is 5.56. The molecular weight excluding hydrogens is 412 g/mol. The van der Waals surface area contributed by atoms with Crippen LogP contribution in [0.4, 0.5) is 4.79 Å². The van der Waals surface area contributed by atoms with Crippen LogP contribution < -0.4 is 0 Å². The van der Waals surface area contributed by atoms with Crippen LogP contribution in [-0.4, -0.2) is 72.8 Å². The average Bonchev–Trinajstić information content (AvgIpc) is 2.77. The number of morpholine rings is 1. The van der Waals surface area contributed by atoms with Crippen LogP contribution in [0.1, 0.15) is 39.2 Å². The topological polar surface area (TPSA) is 85.4 Å². The number of hydrogen-bond acceptors (Lipinski definition) is 6. The molecule has 176 valence electrons. The number of carbonyl (C=O) groups is 3. The molecule has 2 heterocycles. The van der Waals surface area contributed by atoms with E-state index in [1.165, 1.54) is 0 Å². The maximum atomic E-state index is 13.1. The van der Waals surface area contributed by atoms with E-state index in [0.29, 0.717) is 45.8 Å². The van der Waals surface area contributed by atoms with Gasteiger partial charge in [-0.1, -0.05) is 30.3 Å².